The second-order valence-electron chi connectivity index (χ2n) is 9.38. The molecule has 1 aliphatic rings. The quantitative estimate of drug-likeness (QED) is 0.361. The first-order chi connectivity index (χ1) is 17.0. The number of hydrogen-bond donors (Lipinski definition) is 4. The van der Waals surface area contributed by atoms with Gasteiger partial charge >= 0.3 is 0 Å². The number of hydrogen-bond acceptors (Lipinski definition) is 8. The number of thiophene rings is 1. The van der Waals surface area contributed by atoms with E-state index in [1.165, 1.54) is 17.4 Å². The molecule has 0 radical (unpaired) electrons. The van der Waals surface area contributed by atoms with Crippen molar-refractivity contribution in [3.63, 3.8) is 0 Å². The lowest BCUT2D eigenvalue weighted by atomic mass is 9.96. The van der Waals surface area contributed by atoms with Crippen molar-refractivity contribution in [3.8, 4) is 10.4 Å². The molecule has 2 aromatic heterocycles. The van der Waals surface area contributed by atoms with Crippen LogP contribution in [0.3, 0.4) is 0 Å². The number of ether oxygens (including phenoxy) is 1. The smallest absolute Gasteiger partial charge is 0.251 e. The summed E-state index contributed by atoms with van der Waals surface area (Å²) in [5, 5.41) is 24.3. The lowest BCUT2D eigenvalue weighted by molar-refractivity contribution is -0.0192. The van der Waals surface area contributed by atoms with Gasteiger partial charge in [0.2, 0.25) is 0 Å². The highest BCUT2D eigenvalue weighted by molar-refractivity contribution is 7.19. The van der Waals surface area contributed by atoms with Crippen molar-refractivity contribution in [1.29, 1.82) is 0 Å². The Hall–Kier alpha value is -2.89. The Kier molecular flexibility index (Phi) is 7.72. The van der Waals surface area contributed by atoms with Crippen LogP contribution in [0.2, 0.25) is 0 Å². The van der Waals surface area contributed by atoms with Gasteiger partial charge in [-0.2, -0.15) is 0 Å². The molecular weight excluding hydrogens is 483 g/mol. The number of nitrogens with zero attached hydrogens (tertiary/aromatic N) is 2. The summed E-state index contributed by atoms with van der Waals surface area (Å²) >= 11 is 1.18. The lowest BCUT2D eigenvalue weighted by Crippen LogP contribution is -2.43. The van der Waals surface area contributed by atoms with Crippen LogP contribution in [0, 0.1) is 5.82 Å². The maximum atomic E-state index is 14.9. The van der Waals surface area contributed by atoms with Gasteiger partial charge in [-0.15, -0.1) is 11.3 Å². The molecule has 192 valence electrons. The molecule has 1 fully saturated rings. The molecule has 0 spiro atoms. The summed E-state index contributed by atoms with van der Waals surface area (Å²) in [4.78, 5) is 19.5. The minimum atomic E-state index is -1.18. The van der Waals surface area contributed by atoms with Crippen molar-refractivity contribution in [2.24, 2.45) is 5.73 Å². The van der Waals surface area contributed by atoms with Crippen LogP contribution in [0.1, 0.15) is 48.4 Å². The Morgan fingerprint density at radius 1 is 1.25 bits per heavy atom. The van der Waals surface area contributed by atoms with Crippen LogP contribution in [-0.2, 0) is 10.3 Å². The van der Waals surface area contributed by atoms with Gasteiger partial charge in [0.15, 0.2) is 0 Å². The number of carbonyl (C=O) groups excluding carboxylic acids is 1. The fourth-order valence-electron chi connectivity index (χ4n) is 4.29. The largest absolute Gasteiger partial charge is 0.391 e. The summed E-state index contributed by atoms with van der Waals surface area (Å²) in [6, 6.07) is 11.2. The van der Waals surface area contributed by atoms with Crippen LogP contribution in [0.5, 0.6) is 0 Å². The number of morpholine rings is 1. The minimum Gasteiger partial charge on any atom is -0.391 e. The van der Waals surface area contributed by atoms with E-state index in [2.05, 4.69) is 10.2 Å². The van der Waals surface area contributed by atoms with E-state index in [-0.39, 0.29) is 11.6 Å². The number of benzene rings is 1. The first kappa shape index (κ1) is 26.2. The number of amides is 1. The van der Waals surface area contributed by atoms with E-state index in [1.54, 1.807) is 45.0 Å². The monoisotopic (exact) mass is 514 g/mol. The zero-order valence-corrected chi connectivity index (χ0v) is 21.3. The van der Waals surface area contributed by atoms with Gasteiger partial charge < -0.3 is 26.0 Å². The Morgan fingerprint density at radius 2 is 1.97 bits per heavy atom. The number of aliphatic hydroxyl groups excluding tert-OH is 1. The number of nitrogens with two attached hydrogens (primary N) is 1. The number of primary amides is 1. The Bertz CT molecular complexity index is 1230. The summed E-state index contributed by atoms with van der Waals surface area (Å²) in [7, 11) is 0. The molecule has 8 nitrogen and oxygen atoms in total. The number of pyridine rings is 1. The first-order valence-electron chi connectivity index (χ1n) is 11.7. The molecule has 5 N–H and O–H groups in total. The molecule has 4 rings (SSSR count). The van der Waals surface area contributed by atoms with Gasteiger partial charge in [-0.3, -0.25) is 9.69 Å². The maximum Gasteiger partial charge on any atom is 0.251 e. The zero-order chi connectivity index (χ0) is 26.0. The van der Waals surface area contributed by atoms with Crippen molar-refractivity contribution in [1.82, 2.24) is 9.88 Å². The molecule has 0 bridgehead atoms. The van der Waals surface area contributed by atoms with Crippen LogP contribution < -0.4 is 11.1 Å². The van der Waals surface area contributed by atoms with Crippen LogP contribution in [0.25, 0.3) is 10.4 Å². The molecule has 1 amide bonds. The molecule has 36 heavy (non-hydrogen) atoms. The predicted molar refractivity (Wildman–Crippen MR) is 138 cm³/mol. The van der Waals surface area contributed by atoms with E-state index < -0.39 is 23.4 Å². The van der Waals surface area contributed by atoms with Crippen molar-refractivity contribution in [3.05, 3.63) is 65.1 Å². The number of halogens is 1. The molecule has 3 heterocycles. The third-order valence-corrected chi connectivity index (χ3v) is 7.23. The molecule has 3 aromatic rings. The van der Waals surface area contributed by atoms with E-state index in [4.69, 9.17) is 15.5 Å². The van der Waals surface area contributed by atoms with Gasteiger partial charge in [-0.25, -0.2) is 9.37 Å². The summed E-state index contributed by atoms with van der Waals surface area (Å²) in [6.07, 6.45) is -0.657. The van der Waals surface area contributed by atoms with Crippen molar-refractivity contribution >= 4 is 28.1 Å². The zero-order valence-electron chi connectivity index (χ0n) is 20.5. The van der Waals surface area contributed by atoms with Crippen LogP contribution >= 0.6 is 11.3 Å². The molecule has 1 saturated heterocycles. The average Bonchev–Trinajstić information content (AvgIpc) is 3.23. The summed E-state index contributed by atoms with van der Waals surface area (Å²) in [6.45, 7) is 7.46. The number of aliphatic hydroxyl groups is 2. The van der Waals surface area contributed by atoms with Gasteiger partial charge in [-0.05, 0) is 50.6 Å². The number of anilines is 2. The fraction of sp³-hybridized carbons (Fsp3) is 0.385. The van der Waals surface area contributed by atoms with Crippen molar-refractivity contribution < 1.29 is 24.1 Å². The Labute approximate surface area is 213 Å². The third-order valence-electron chi connectivity index (χ3n) is 6.15. The lowest BCUT2D eigenvalue weighted by Gasteiger charge is -2.35. The van der Waals surface area contributed by atoms with Gasteiger partial charge in [0.25, 0.3) is 5.91 Å². The predicted octanol–water partition coefficient (Wildman–Crippen LogP) is 3.77. The summed E-state index contributed by atoms with van der Waals surface area (Å²) < 4.78 is 20.4. The topological polar surface area (TPSA) is 121 Å². The second-order valence-corrected chi connectivity index (χ2v) is 10.4. The van der Waals surface area contributed by atoms with Gasteiger partial charge in [0.1, 0.15) is 16.6 Å². The van der Waals surface area contributed by atoms with E-state index in [0.717, 1.165) is 0 Å². The van der Waals surface area contributed by atoms with E-state index in [9.17, 15) is 19.4 Å². The van der Waals surface area contributed by atoms with Crippen LogP contribution in [0.4, 0.5) is 15.2 Å². The minimum absolute atomic E-state index is 0.216. The van der Waals surface area contributed by atoms with E-state index in [0.29, 0.717) is 58.8 Å². The van der Waals surface area contributed by atoms with Crippen LogP contribution in [0.15, 0.2) is 42.5 Å². The number of carbonyl (C=O) groups is 1. The molecule has 1 aromatic carbocycles. The van der Waals surface area contributed by atoms with Gasteiger partial charge in [0.05, 0.1) is 42.2 Å². The summed E-state index contributed by atoms with van der Waals surface area (Å²) in [5.74, 6) is -0.691. The molecule has 1 aliphatic heterocycles. The highest BCUT2D eigenvalue weighted by atomic mass is 32.1. The molecule has 2 unspecified atom stereocenters. The fourth-order valence-corrected chi connectivity index (χ4v) is 5.39. The molecule has 10 heteroatoms. The van der Waals surface area contributed by atoms with E-state index >= 15 is 0 Å². The first-order valence-corrected chi connectivity index (χ1v) is 12.6. The SMILES string of the molecule is CC(O)C(c1cccc(Nc2sc(-c3ccc(C(C)(C)O)cc3F)cc2C(N)=O)n1)N1CCOCC1. The molecular formula is C26H31FN4O4S. The van der Waals surface area contributed by atoms with E-state index in [1.807, 2.05) is 12.1 Å². The van der Waals surface area contributed by atoms with Crippen LogP contribution in [-0.4, -0.2) is 58.4 Å². The average molecular weight is 515 g/mol. The van der Waals surface area contributed by atoms with Gasteiger partial charge in [-0.1, -0.05) is 18.2 Å². The molecule has 0 aliphatic carbocycles. The van der Waals surface area contributed by atoms with Crippen molar-refractivity contribution in [2.75, 3.05) is 31.6 Å². The Balaban J connectivity index is 1.65. The van der Waals surface area contributed by atoms with Crippen molar-refractivity contribution in [2.45, 2.75) is 38.5 Å². The van der Waals surface area contributed by atoms with Gasteiger partial charge in [0, 0.05) is 23.5 Å². The summed E-state index contributed by atoms with van der Waals surface area (Å²) in [5.41, 5.74) is 6.09. The number of nitrogens with one attached hydrogen (secondary N) is 1. The normalized spacial score (nSPS) is 16.5. The third kappa shape index (κ3) is 5.74. The maximum absolute atomic E-state index is 14.9. The Morgan fingerprint density at radius 3 is 2.58 bits per heavy atom. The number of rotatable bonds is 8. The highest BCUT2D eigenvalue weighted by Gasteiger charge is 2.28. The highest BCUT2D eigenvalue weighted by Crippen LogP contribution is 2.39. The standard InChI is InChI=1S/C26H31FN4O4S/c1-15(32)23(31-9-11-35-12-10-31)20-5-4-6-22(29-20)30-25-18(24(28)33)14-21(36-25)17-8-7-16(13-19(17)27)26(2,3)34/h4-8,13-15,23,32,34H,9-12H2,1-3H3,(H2,28,33)(H,29,30). The second kappa shape index (κ2) is 10.6. The molecule has 0 saturated carbocycles. The molecule has 2 atom stereocenters. The number of aromatic nitrogens is 1.